The van der Waals surface area contributed by atoms with Crippen molar-refractivity contribution in [3.63, 3.8) is 0 Å². The Morgan fingerprint density at radius 1 is 1.32 bits per heavy atom. The van der Waals surface area contributed by atoms with Crippen LogP contribution in [0.15, 0.2) is 16.5 Å². The van der Waals surface area contributed by atoms with Gasteiger partial charge in [-0.15, -0.1) is 0 Å². The maximum atomic E-state index is 12.3. The molecule has 1 aromatic heterocycles. The normalized spacial score (nSPS) is 18.1. The number of hydrogen-bond donors (Lipinski definition) is 1. The molecule has 4 heteroatoms. The van der Waals surface area contributed by atoms with Gasteiger partial charge in [-0.25, -0.2) is 0 Å². The van der Waals surface area contributed by atoms with Crippen molar-refractivity contribution in [1.82, 2.24) is 10.2 Å². The van der Waals surface area contributed by atoms with Gasteiger partial charge in [-0.1, -0.05) is 12.8 Å². The van der Waals surface area contributed by atoms with Crippen LogP contribution in [-0.4, -0.2) is 29.9 Å². The molecule has 0 spiro atoms. The SMILES string of the molecule is Cc1ccc(CNC(C)C(=O)N2CCCCCC2)o1. The van der Waals surface area contributed by atoms with E-state index in [1.165, 1.54) is 12.8 Å². The predicted octanol–water partition coefficient (Wildman–Crippen LogP) is 2.47. The molecule has 1 unspecified atom stereocenters. The Morgan fingerprint density at radius 2 is 2.00 bits per heavy atom. The third kappa shape index (κ3) is 4.10. The molecule has 1 N–H and O–H groups in total. The Morgan fingerprint density at radius 3 is 2.58 bits per heavy atom. The van der Waals surface area contributed by atoms with E-state index in [4.69, 9.17) is 4.42 Å². The van der Waals surface area contributed by atoms with Gasteiger partial charge in [-0.3, -0.25) is 10.1 Å². The second-order valence-electron chi connectivity index (χ2n) is 5.35. The molecule has 0 aromatic carbocycles. The molecule has 1 aliphatic heterocycles. The lowest BCUT2D eigenvalue weighted by Crippen LogP contribution is -2.44. The highest BCUT2D eigenvalue weighted by Crippen LogP contribution is 2.11. The van der Waals surface area contributed by atoms with Gasteiger partial charge in [-0.2, -0.15) is 0 Å². The molecule has 1 atom stereocenters. The van der Waals surface area contributed by atoms with E-state index in [9.17, 15) is 4.79 Å². The lowest BCUT2D eigenvalue weighted by molar-refractivity contribution is -0.133. The lowest BCUT2D eigenvalue weighted by Gasteiger charge is -2.24. The number of rotatable bonds is 4. The molecular weight excluding hydrogens is 240 g/mol. The van der Waals surface area contributed by atoms with Crippen LogP contribution in [0.3, 0.4) is 0 Å². The van der Waals surface area contributed by atoms with Gasteiger partial charge in [0.15, 0.2) is 0 Å². The summed E-state index contributed by atoms with van der Waals surface area (Å²) >= 11 is 0. The minimum Gasteiger partial charge on any atom is -0.465 e. The number of carbonyl (C=O) groups excluding carboxylic acids is 1. The number of aryl methyl sites for hydroxylation is 1. The van der Waals surface area contributed by atoms with Gasteiger partial charge in [0.1, 0.15) is 11.5 Å². The summed E-state index contributed by atoms with van der Waals surface area (Å²) in [5, 5.41) is 3.24. The van der Waals surface area contributed by atoms with E-state index in [0.29, 0.717) is 6.54 Å². The largest absolute Gasteiger partial charge is 0.465 e. The molecular formula is C15H24N2O2. The smallest absolute Gasteiger partial charge is 0.239 e. The first-order valence-corrected chi connectivity index (χ1v) is 7.24. The highest BCUT2D eigenvalue weighted by atomic mass is 16.3. The Hall–Kier alpha value is -1.29. The Balaban J connectivity index is 1.81. The molecule has 0 saturated carbocycles. The summed E-state index contributed by atoms with van der Waals surface area (Å²) in [5.41, 5.74) is 0. The van der Waals surface area contributed by atoms with Crippen molar-refractivity contribution in [1.29, 1.82) is 0 Å². The average molecular weight is 264 g/mol. The van der Waals surface area contributed by atoms with Gasteiger partial charge >= 0.3 is 0 Å². The number of hydrogen-bond acceptors (Lipinski definition) is 3. The summed E-state index contributed by atoms with van der Waals surface area (Å²) in [6, 6.07) is 3.74. The summed E-state index contributed by atoms with van der Waals surface area (Å²) < 4.78 is 5.49. The molecule has 1 saturated heterocycles. The third-order valence-electron chi connectivity index (χ3n) is 3.67. The van der Waals surface area contributed by atoms with Crippen molar-refractivity contribution in [2.45, 2.75) is 52.1 Å². The standard InChI is InChI=1S/C15H24N2O2/c1-12-7-8-14(19-12)11-16-13(2)15(18)17-9-5-3-4-6-10-17/h7-8,13,16H,3-6,9-11H2,1-2H3. The van der Waals surface area contributed by atoms with E-state index in [1.54, 1.807) is 0 Å². The summed E-state index contributed by atoms with van der Waals surface area (Å²) in [6.45, 7) is 6.28. The maximum absolute atomic E-state index is 12.3. The fourth-order valence-corrected chi connectivity index (χ4v) is 2.49. The molecule has 0 radical (unpaired) electrons. The Labute approximate surface area is 115 Å². The first kappa shape index (κ1) is 14.1. The van der Waals surface area contributed by atoms with Crippen LogP contribution in [0, 0.1) is 6.92 Å². The zero-order valence-corrected chi connectivity index (χ0v) is 11.9. The molecule has 0 bridgehead atoms. The van der Waals surface area contributed by atoms with E-state index in [2.05, 4.69) is 5.32 Å². The minimum absolute atomic E-state index is 0.150. The molecule has 106 valence electrons. The first-order valence-electron chi connectivity index (χ1n) is 7.24. The molecule has 2 rings (SSSR count). The van der Waals surface area contributed by atoms with E-state index in [1.807, 2.05) is 30.9 Å². The number of carbonyl (C=O) groups is 1. The topological polar surface area (TPSA) is 45.5 Å². The van der Waals surface area contributed by atoms with Crippen LogP contribution >= 0.6 is 0 Å². The molecule has 19 heavy (non-hydrogen) atoms. The highest BCUT2D eigenvalue weighted by Gasteiger charge is 2.21. The lowest BCUT2D eigenvalue weighted by atomic mass is 10.2. The maximum Gasteiger partial charge on any atom is 0.239 e. The molecule has 0 aliphatic carbocycles. The van der Waals surface area contributed by atoms with Crippen LogP contribution in [0.5, 0.6) is 0 Å². The number of furan rings is 1. The Bertz CT molecular complexity index is 406. The van der Waals surface area contributed by atoms with Crippen LogP contribution in [0.1, 0.15) is 44.1 Å². The number of nitrogens with zero attached hydrogens (tertiary/aromatic N) is 1. The van der Waals surface area contributed by atoms with Crippen LogP contribution < -0.4 is 5.32 Å². The van der Waals surface area contributed by atoms with E-state index in [-0.39, 0.29) is 11.9 Å². The summed E-state index contributed by atoms with van der Waals surface area (Å²) in [7, 11) is 0. The van der Waals surface area contributed by atoms with E-state index in [0.717, 1.165) is 37.5 Å². The minimum atomic E-state index is -0.150. The van der Waals surface area contributed by atoms with Crippen LogP contribution in [0.25, 0.3) is 0 Å². The van der Waals surface area contributed by atoms with Gasteiger partial charge in [0.2, 0.25) is 5.91 Å². The van der Waals surface area contributed by atoms with E-state index < -0.39 is 0 Å². The molecule has 1 fully saturated rings. The summed E-state index contributed by atoms with van der Waals surface area (Å²) in [6.07, 6.45) is 4.76. The molecule has 1 amide bonds. The van der Waals surface area contributed by atoms with Gasteiger partial charge in [0.25, 0.3) is 0 Å². The fourth-order valence-electron chi connectivity index (χ4n) is 2.49. The van der Waals surface area contributed by atoms with Gasteiger partial charge in [0, 0.05) is 13.1 Å². The summed E-state index contributed by atoms with van der Waals surface area (Å²) in [4.78, 5) is 14.3. The van der Waals surface area contributed by atoms with Crippen LogP contribution in [0.4, 0.5) is 0 Å². The van der Waals surface area contributed by atoms with Crippen molar-refractivity contribution < 1.29 is 9.21 Å². The quantitative estimate of drug-likeness (QED) is 0.908. The van der Waals surface area contributed by atoms with Crippen molar-refractivity contribution in [2.24, 2.45) is 0 Å². The number of amides is 1. The highest BCUT2D eigenvalue weighted by molar-refractivity contribution is 5.81. The monoisotopic (exact) mass is 264 g/mol. The van der Waals surface area contributed by atoms with E-state index >= 15 is 0 Å². The van der Waals surface area contributed by atoms with Crippen molar-refractivity contribution in [3.8, 4) is 0 Å². The summed E-state index contributed by atoms with van der Waals surface area (Å²) in [5.74, 6) is 2.00. The van der Waals surface area contributed by atoms with Crippen molar-refractivity contribution in [3.05, 3.63) is 23.7 Å². The van der Waals surface area contributed by atoms with Gasteiger partial charge < -0.3 is 9.32 Å². The van der Waals surface area contributed by atoms with Crippen LogP contribution in [-0.2, 0) is 11.3 Å². The fraction of sp³-hybridized carbons (Fsp3) is 0.667. The first-order chi connectivity index (χ1) is 9.16. The van der Waals surface area contributed by atoms with Crippen molar-refractivity contribution >= 4 is 5.91 Å². The second kappa shape index (κ2) is 6.75. The van der Waals surface area contributed by atoms with Gasteiger partial charge in [-0.05, 0) is 38.8 Å². The van der Waals surface area contributed by atoms with Crippen molar-refractivity contribution in [2.75, 3.05) is 13.1 Å². The molecule has 2 heterocycles. The number of nitrogens with one attached hydrogen (secondary N) is 1. The van der Waals surface area contributed by atoms with Crippen LogP contribution in [0.2, 0.25) is 0 Å². The molecule has 4 nitrogen and oxygen atoms in total. The van der Waals surface area contributed by atoms with Gasteiger partial charge in [0.05, 0.1) is 12.6 Å². The second-order valence-corrected chi connectivity index (χ2v) is 5.35. The third-order valence-corrected chi connectivity index (χ3v) is 3.67. The number of likely N-dealkylation sites (tertiary alicyclic amines) is 1. The predicted molar refractivity (Wildman–Crippen MR) is 74.8 cm³/mol. The molecule has 1 aromatic rings. The average Bonchev–Trinajstić information content (AvgIpc) is 2.67. The molecule has 1 aliphatic rings. The zero-order chi connectivity index (χ0) is 13.7. The zero-order valence-electron chi connectivity index (χ0n) is 11.9. The Kier molecular flexibility index (Phi) is 5.02.